The van der Waals surface area contributed by atoms with Gasteiger partial charge >= 0.3 is 0 Å². The summed E-state index contributed by atoms with van der Waals surface area (Å²) in [5.41, 5.74) is 0.731. The number of sulfone groups is 1. The monoisotopic (exact) mass is 427 g/mol. The minimum Gasteiger partial charge on any atom is -0.438 e. The SMILES string of the molecule is C[C@@H](/C=C/S(C)(=O)=O)NC(=O)c1cnc(C2CC3(CC3)C2)nc1Oc1ccccc1. The summed E-state index contributed by atoms with van der Waals surface area (Å²) in [5, 5.41) is 3.82. The summed E-state index contributed by atoms with van der Waals surface area (Å²) in [7, 11) is -3.27. The van der Waals surface area contributed by atoms with Gasteiger partial charge in [0.1, 0.15) is 17.1 Å². The Bertz CT molecular complexity index is 1070. The van der Waals surface area contributed by atoms with Crippen molar-refractivity contribution >= 4 is 15.7 Å². The number of hydrogen-bond acceptors (Lipinski definition) is 6. The number of carbonyl (C=O) groups is 1. The zero-order valence-electron chi connectivity index (χ0n) is 17.0. The topological polar surface area (TPSA) is 98.2 Å². The van der Waals surface area contributed by atoms with Gasteiger partial charge in [0.2, 0.25) is 5.88 Å². The van der Waals surface area contributed by atoms with E-state index in [1.165, 1.54) is 25.1 Å². The number of hydrogen-bond donors (Lipinski definition) is 1. The van der Waals surface area contributed by atoms with E-state index in [9.17, 15) is 13.2 Å². The zero-order chi connectivity index (χ0) is 21.4. The van der Waals surface area contributed by atoms with Crippen LogP contribution in [0.2, 0.25) is 0 Å². The number of ether oxygens (including phenoxy) is 1. The van der Waals surface area contributed by atoms with Crippen LogP contribution >= 0.6 is 0 Å². The van der Waals surface area contributed by atoms with Gasteiger partial charge in [-0.3, -0.25) is 4.79 Å². The quantitative estimate of drug-likeness (QED) is 0.725. The molecule has 7 nitrogen and oxygen atoms in total. The third kappa shape index (κ3) is 4.87. The van der Waals surface area contributed by atoms with Gasteiger partial charge in [-0.25, -0.2) is 13.4 Å². The van der Waals surface area contributed by atoms with Gasteiger partial charge < -0.3 is 10.1 Å². The van der Waals surface area contributed by atoms with E-state index in [0.717, 1.165) is 24.5 Å². The fourth-order valence-corrected chi connectivity index (χ4v) is 4.28. The molecule has 0 unspecified atom stereocenters. The lowest BCUT2D eigenvalue weighted by molar-refractivity contribution is 0.0943. The maximum absolute atomic E-state index is 12.8. The average molecular weight is 428 g/mol. The van der Waals surface area contributed by atoms with Gasteiger partial charge in [-0.05, 0) is 50.2 Å². The molecule has 2 fully saturated rings. The first kappa shape index (κ1) is 20.5. The maximum atomic E-state index is 12.8. The molecule has 0 saturated heterocycles. The van der Waals surface area contributed by atoms with Crippen LogP contribution in [-0.4, -0.2) is 36.6 Å². The van der Waals surface area contributed by atoms with E-state index in [1.54, 1.807) is 19.1 Å². The molecule has 8 heteroatoms. The fourth-order valence-electron chi connectivity index (χ4n) is 3.76. The molecule has 1 amide bonds. The van der Waals surface area contributed by atoms with Crippen LogP contribution in [0.4, 0.5) is 0 Å². The molecule has 0 aliphatic heterocycles. The Kier molecular flexibility index (Phi) is 5.36. The van der Waals surface area contributed by atoms with Crippen LogP contribution in [0.3, 0.4) is 0 Å². The molecule has 1 atom stereocenters. The Morgan fingerprint density at radius 3 is 2.60 bits per heavy atom. The molecule has 2 saturated carbocycles. The number of nitrogens with one attached hydrogen (secondary N) is 1. The summed E-state index contributed by atoms with van der Waals surface area (Å²) < 4.78 is 28.5. The van der Waals surface area contributed by atoms with Gasteiger partial charge in [0.25, 0.3) is 5.91 Å². The second-order valence-corrected chi connectivity index (χ2v) is 10.3. The van der Waals surface area contributed by atoms with E-state index < -0.39 is 21.8 Å². The zero-order valence-corrected chi connectivity index (χ0v) is 17.9. The third-order valence-corrected chi connectivity index (χ3v) is 6.28. The Labute approximate surface area is 176 Å². The first-order valence-electron chi connectivity index (χ1n) is 10.0. The van der Waals surface area contributed by atoms with E-state index in [4.69, 9.17) is 4.74 Å². The highest BCUT2D eigenvalue weighted by molar-refractivity contribution is 7.93. The Morgan fingerprint density at radius 1 is 1.27 bits per heavy atom. The van der Waals surface area contributed by atoms with E-state index in [1.807, 2.05) is 18.2 Å². The largest absolute Gasteiger partial charge is 0.438 e. The number of amides is 1. The predicted octanol–water partition coefficient (Wildman–Crippen LogP) is 3.60. The Balaban J connectivity index is 1.55. The fraction of sp³-hybridized carbons (Fsp3) is 0.409. The molecule has 4 rings (SSSR count). The van der Waals surface area contributed by atoms with Crippen LogP contribution in [0, 0.1) is 5.41 Å². The summed E-state index contributed by atoms with van der Waals surface area (Å²) in [6, 6.07) is 8.67. The standard InChI is InChI=1S/C22H25N3O4S/c1-15(8-11-30(2,27)28)24-20(26)18-14-23-19(16-12-22(13-16)9-10-22)25-21(18)29-17-6-4-3-5-7-17/h3-8,11,14-16H,9-10,12-13H2,1-2H3,(H,24,26)/b11-8+/t15-/m0/s1. The molecule has 2 aromatic rings. The van der Waals surface area contributed by atoms with Crippen LogP contribution in [0.25, 0.3) is 0 Å². The van der Waals surface area contributed by atoms with Gasteiger partial charge in [0, 0.05) is 29.8 Å². The van der Waals surface area contributed by atoms with E-state index in [-0.39, 0.29) is 11.4 Å². The highest BCUT2D eigenvalue weighted by Gasteiger charge is 2.54. The second-order valence-electron chi connectivity index (χ2n) is 8.39. The summed E-state index contributed by atoms with van der Waals surface area (Å²) in [6.07, 6.45) is 8.78. The van der Waals surface area contributed by atoms with Crippen molar-refractivity contribution in [3.05, 3.63) is 59.4 Å². The number of para-hydroxylation sites is 1. The van der Waals surface area contributed by atoms with Crippen molar-refractivity contribution in [2.45, 2.75) is 44.6 Å². The van der Waals surface area contributed by atoms with Crippen molar-refractivity contribution in [1.29, 1.82) is 0 Å². The van der Waals surface area contributed by atoms with Crippen molar-refractivity contribution in [2.75, 3.05) is 6.26 Å². The number of carbonyl (C=O) groups excluding carboxylic acids is 1. The third-order valence-electron chi connectivity index (χ3n) is 5.63. The molecular formula is C22H25N3O4S. The van der Waals surface area contributed by atoms with Crippen LogP contribution in [-0.2, 0) is 9.84 Å². The molecular weight excluding hydrogens is 402 g/mol. The van der Waals surface area contributed by atoms with Gasteiger partial charge in [0.05, 0.1) is 0 Å². The second kappa shape index (κ2) is 7.83. The molecule has 2 aliphatic rings. The molecule has 1 spiro atoms. The van der Waals surface area contributed by atoms with Crippen LogP contribution in [0.5, 0.6) is 11.6 Å². The summed E-state index contributed by atoms with van der Waals surface area (Å²) in [4.78, 5) is 21.8. The predicted molar refractivity (Wildman–Crippen MR) is 113 cm³/mol. The molecule has 1 aromatic carbocycles. The van der Waals surface area contributed by atoms with E-state index >= 15 is 0 Å². The molecule has 1 aromatic heterocycles. The minimum absolute atomic E-state index is 0.208. The van der Waals surface area contributed by atoms with Gasteiger partial charge in [-0.2, -0.15) is 4.98 Å². The highest BCUT2D eigenvalue weighted by atomic mass is 32.2. The molecule has 1 heterocycles. The minimum atomic E-state index is -3.27. The number of aromatic nitrogens is 2. The Hall–Kier alpha value is -2.74. The van der Waals surface area contributed by atoms with Crippen LogP contribution < -0.4 is 10.1 Å². The maximum Gasteiger partial charge on any atom is 0.258 e. The lowest BCUT2D eigenvalue weighted by Crippen LogP contribution is -2.32. The number of nitrogens with zero attached hydrogens (tertiary/aromatic N) is 2. The molecule has 2 aliphatic carbocycles. The summed E-state index contributed by atoms with van der Waals surface area (Å²) >= 11 is 0. The number of rotatable bonds is 7. The molecule has 158 valence electrons. The van der Waals surface area contributed by atoms with E-state index in [2.05, 4.69) is 15.3 Å². The van der Waals surface area contributed by atoms with Crippen molar-refractivity contribution in [3.8, 4) is 11.6 Å². The lowest BCUT2D eigenvalue weighted by atomic mass is 9.71. The van der Waals surface area contributed by atoms with Crippen molar-refractivity contribution in [1.82, 2.24) is 15.3 Å². The lowest BCUT2D eigenvalue weighted by Gasteiger charge is -2.34. The smallest absolute Gasteiger partial charge is 0.258 e. The summed E-state index contributed by atoms with van der Waals surface area (Å²) in [6.45, 7) is 1.69. The van der Waals surface area contributed by atoms with E-state index in [0.29, 0.717) is 22.9 Å². The Morgan fingerprint density at radius 2 is 1.97 bits per heavy atom. The molecule has 0 radical (unpaired) electrons. The van der Waals surface area contributed by atoms with Crippen molar-refractivity contribution in [3.63, 3.8) is 0 Å². The van der Waals surface area contributed by atoms with Gasteiger partial charge in [-0.1, -0.05) is 24.3 Å². The average Bonchev–Trinajstić information content (AvgIpc) is 3.47. The summed E-state index contributed by atoms with van der Waals surface area (Å²) in [5.74, 6) is 1.37. The molecule has 0 bridgehead atoms. The molecule has 30 heavy (non-hydrogen) atoms. The first-order chi connectivity index (χ1) is 14.2. The highest BCUT2D eigenvalue weighted by Crippen LogP contribution is 2.65. The molecule has 1 N–H and O–H groups in total. The van der Waals surface area contributed by atoms with Crippen LogP contribution in [0.1, 0.15) is 54.7 Å². The first-order valence-corrected chi connectivity index (χ1v) is 12.0. The van der Waals surface area contributed by atoms with Gasteiger partial charge in [-0.15, -0.1) is 0 Å². The van der Waals surface area contributed by atoms with Gasteiger partial charge in [0.15, 0.2) is 9.84 Å². The normalized spacial score (nSPS) is 18.7. The van der Waals surface area contributed by atoms with Crippen molar-refractivity contribution < 1.29 is 17.9 Å². The number of benzene rings is 1. The van der Waals surface area contributed by atoms with Crippen molar-refractivity contribution in [2.24, 2.45) is 5.41 Å². The van der Waals surface area contributed by atoms with Crippen LogP contribution in [0.15, 0.2) is 48.0 Å².